The molecule has 5 nitrogen and oxygen atoms in total. The average molecular weight is 186 g/mol. The lowest BCUT2D eigenvalue weighted by atomic mass is 10.2. The minimum Gasteiger partial charge on any atom is -0.597 e. The SMILES string of the molecule is CN=[N+]([O-])C1(OC(C)=O)CCCC1. The van der Waals surface area contributed by atoms with Gasteiger partial charge >= 0.3 is 11.7 Å². The van der Waals surface area contributed by atoms with Crippen LogP contribution in [0.4, 0.5) is 0 Å². The first-order valence-electron chi connectivity index (χ1n) is 4.37. The van der Waals surface area contributed by atoms with E-state index >= 15 is 0 Å². The topological polar surface area (TPSA) is 64.7 Å². The number of rotatable bonds is 2. The Morgan fingerprint density at radius 3 is 2.46 bits per heavy atom. The lowest BCUT2D eigenvalue weighted by molar-refractivity contribution is -0.655. The summed E-state index contributed by atoms with van der Waals surface area (Å²) in [6, 6.07) is 0. The fraction of sp³-hybridized carbons (Fsp3) is 0.875. The molecule has 13 heavy (non-hydrogen) atoms. The third-order valence-electron chi connectivity index (χ3n) is 2.25. The maximum atomic E-state index is 11.3. The molecule has 0 aromatic heterocycles. The summed E-state index contributed by atoms with van der Waals surface area (Å²) in [5.74, 6) is -0.425. The van der Waals surface area contributed by atoms with Crippen LogP contribution >= 0.6 is 0 Å². The van der Waals surface area contributed by atoms with E-state index in [1.807, 2.05) is 0 Å². The van der Waals surface area contributed by atoms with Crippen molar-refractivity contribution in [2.75, 3.05) is 7.05 Å². The number of carbonyl (C=O) groups is 1. The van der Waals surface area contributed by atoms with Crippen LogP contribution in [0.3, 0.4) is 0 Å². The molecule has 0 saturated heterocycles. The quantitative estimate of drug-likeness (QED) is 0.215. The van der Waals surface area contributed by atoms with Gasteiger partial charge < -0.3 is 9.94 Å². The lowest BCUT2D eigenvalue weighted by Crippen LogP contribution is -2.40. The van der Waals surface area contributed by atoms with E-state index in [0.29, 0.717) is 17.7 Å². The Labute approximate surface area is 77.0 Å². The molecule has 1 rings (SSSR count). The van der Waals surface area contributed by atoms with E-state index in [1.165, 1.54) is 14.0 Å². The number of hydrogen-bond donors (Lipinski definition) is 0. The van der Waals surface area contributed by atoms with Crippen LogP contribution in [0.2, 0.25) is 0 Å². The standard InChI is InChI=1S/C8H14N2O3/c1-7(11)13-8(10(12)9-2)5-3-4-6-8/h3-6H2,1-2H3. The Morgan fingerprint density at radius 2 is 2.08 bits per heavy atom. The summed E-state index contributed by atoms with van der Waals surface area (Å²) in [4.78, 5) is 11.3. The highest BCUT2D eigenvalue weighted by Crippen LogP contribution is 2.34. The Kier molecular flexibility index (Phi) is 2.85. The Hall–Kier alpha value is -1.13. The third-order valence-corrected chi connectivity index (χ3v) is 2.25. The molecule has 1 fully saturated rings. The van der Waals surface area contributed by atoms with Crippen LogP contribution in [0.1, 0.15) is 32.6 Å². The van der Waals surface area contributed by atoms with E-state index in [9.17, 15) is 10.0 Å². The molecule has 0 radical (unpaired) electrons. The number of ether oxygens (including phenoxy) is 1. The van der Waals surface area contributed by atoms with Gasteiger partial charge in [0.25, 0.3) is 0 Å². The fourth-order valence-corrected chi connectivity index (χ4v) is 1.71. The smallest absolute Gasteiger partial charge is 0.343 e. The number of esters is 1. The van der Waals surface area contributed by atoms with Crippen molar-refractivity contribution in [3.63, 3.8) is 0 Å². The Balaban J connectivity index is 2.80. The van der Waals surface area contributed by atoms with Crippen LogP contribution in [0.5, 0.6) is 0 Å². The maximum absolute atomic E-state index is 11.3. The van der Waals surface area contributed by atoms with Gasteiger partial charge in [-0.15, -0.1) is 0 Å². The van der Waals surface area contributed by atoms with Crippen molar-refractivity contribution < 1.29 is 14.4 Å². The van der Waals surface area contributed by atoms with Gasteiger partial charge in [-0.05, 0) is 18.0 Å². The van der Waals surface area contributed by atoms with E-state index in [2.05, 4.69) is 5.11 Å². The van der Waals surface area contributed by atoms with Gasteiger partial charge in [-0.2, -0.15) is 0 Å². The van der Waals surface area contributed by atoms with E-state index in [-0.39, 0.29) is 0 Å². The van der Waals surface area contributed by atoms with Gasteiger partial charge in [0.15, 0.2) is 0 Å². The second-order valence-corrected chi connectivity index (χ2v) is 3.22. The molecule has 0 aliphatic heterocycles. The zero-order valence-corrected chi connectivity index (χ0v) is 7.95. The molecule has 0 unspecified atom stereocenters. The van der Waals surface area contributed by atoms with Crippen LogP contribution in [-0.4, -0.2) is 23.6 Å². The monoisotopic (exact) mass is 186 g/mol. The molecule has 0 spiro atoms. The first-order valence-corrected chi connectivity index (χ1v) is 4.37. The zero-order valence-electron chi connectivity index (χ0n) is 7.95. The van der Waals surface area contributed by atoms with Crippen LogP contribution in [0.15, 0.2) is 5.11 Å². The van der Waals surface area contributed by atoms with Crippen molar-refractivity contribution in [1.29, 1.82) is 0 Å². The zero-order chi connectivity index (χ0) is 9.90. The van der Waals surface area contributed by atoms with Crippen molar-refractivity contribution >= 4 is 5.97 Å². The summed E-state index contributed by atoms with van der Waals surface area (Å²) in [6.45, 7) is 1.31. The molecule has 0 bridgehead atoms. The highest BCUT2D eigenvalue weighted by atomic mass is 16.6. The molecular weight excluding hydrogens is 172 g/mol. The molecule has 0 heterocycles. The molecule has 0 aromatic carbocycles. The van der Waals surface area contributed by atoms with Gasteiger partial charge in [0, 0.05) is 6.92 Å². The molecule has 0 aromatic rings. The summed E-state index contributed by atoms with van der Waals surface area (Å²) in [5.41, 5.74) is -1.01. The van der Waals surface area contributed by atoms with Gasteiger partial charge in [0.05, 0.1) is 19.9 Å². The largest absolute Gasteiger partial charge is 0.597 e. The molecule has 5 heteroatoms. The van der Waals surface area contributed by atoms with Gasteiger partial charge in [-0.1, -0.05) is 4.86 Å². The summed E-state index contributed by atoms with van der Waals surface area (Å²) in [7, 11) is 1.40. The predicted molar refractivity (Wildman–Crippen MR) is 44.9 cm³/mol. The van der Waals surface area contributed by atoms with Crippen molar-refractivity contribution in [3.05, 3.63) is 5.21 Å². The van der Waals surface area contributed by atoms with E-state index in [1.54, 1.807) is 0 Å². The predicted octanol–water partition coefficient (Wildman–Crippen LogP) is 1.41. The van der Waals surface area contributed by atoms with E-state index in [0.717, 1.165) is 12.8 Å². The molecule has 74 valence electrons. The summed E-state index contributed by atoms with van der Waals surface area (Å²) in [6.07, 6.45) is 2.96. The number of azo groups is 1. The van der Waals surface area contributed by atoms with Crippen molar-refractivity contribution in [2.24, 2.45) is 5.11 Å². The normalized spacial score (nSPS) is 21.5. The summed E-state index contributed by atoms with van der Waals surface area (Å²) >= 11 is 0. The summed E-state index contributed by atoms with van der Waals surface area (Å²) in [5, 5.41) is 14.8. The number of hydroxylamine groups is 1. The molecule has 0 N–H and O–H groups in total. The summed E-state index contributed by atoms with van der Waals surface area (Å²) < 4.78 is 5.03. The number of nitrogens with zero attached hydrogens (tertiary/aromatic N) is 2. The minimum absolute atomic E-state index is 0.425. The molecule has 0 atom stereocenters. The highest BCUT2D eigenvalue weighted by molar-refractivity contribution is 5.66. The first kappa shape index (κ1) is 9.95. The molecule has 1 saturated carbocycles. The van der Waals surface area contributed by atoms with Gasteiger partial charge in [0.1, 0.15) is 0 Å². The van der Waals surface area contributed by atoms with Gasteiger partial charge in [0.2, 0.25) is 0 Å². The van der Waals surface area contributed by atoms with E-state index < -0.39 is 11.7 Å². The molecular formula is C8H14N2O3. The first-order chi connectivity index (χ1) is 6.10. The van der Waals surface area contributed by atoms with Crippen molar-refractivity contribution in [1.82, 2.24) is 0 Å². The lowest BCUT2D eigenvalue weighted by Gasteiger charge is -2.23. The van der Waals surface area contributed by atoms with Crippen LogP contribution in [0.25, 0.3) is 0 Å². The van der Waals surface area contributed by atoms with Crippen LogP contribution in [-0.2, 0) is 9.53 Å². The molecule has 0 amide bonds. The second kappa shape index (κ2) is 3.72. The van der Waals surface area contributed by atoms with Gasteiger partial charge in [-0.25, -0.2) is 0 Å². The minimum atomic E-state index is -1.01. The van der Waals surface area contributed by atoms with Gasteiger partial charge in [-0.3, -0.25) is 4.79 Å². The fourth-order valence-electron chi connectivity index (χ4n) is 1.71. The Morgan fingerprint density at radius 1 is 1.54 bits per heavy atom. The average Bonchev–Trinajstić information content (AvgIpc) is 2.51. The van der Waals surface area contributed by atoms with Crippen molar-refractivity contribution in [3.8, 4) is 0 Å². The second-order valence-electron chi connectivity index (χ2n) is 3.22. The third kappa shape index (κ3) is 1.96. The number of carbonyl (C=O) groups excluding carboxylic acids is 1. The number of hydrogen-bond acceptors (Lipinski definition) is 4. The molecule has 1 aliphatic rings. The van der Waals surface area contributed by atoms with E-state index in [4.69, 9.17) is 4.74 Å². The van der Waals surface area contributed by atoms with Crippen LogP contribution < -0.4 is 0 Å². The van der Waals surface area contributed by atoms with Crippen molar-refractivity contribution in [2.45, 2.75) is 38.3 Å². The maximum Gasteiger partial charge on any atom is 0.343 e. The molecule has 1 aliphatic carbocycles. The van der Waals surface area contributed by atoms with Crippen LogP contribution in [0, 0.1) is 5.21 Å². The highest BCUT2D eigenvalue weighted by Gasteiger charge is 2.47. The Bertz CT molecular complexity index is 232.